The molecule has 0 saturated carbocycles. The number of aromatic amines is 1. The number of anilines is 1. The maximum absolute atomic E-state index is 14.9. The summed E-state index contributed by atoms with van der Waals surface area (Å²) in [6, 6.07) is 4.52. The number of aromatic nitrogens is 2. The number of halogens is 6. The molecule has 3 atom stereocenters. The minimum absolute atomic E-state index is 0.00531. The van der Waals surface area contributed by atoms with Gasteiger partial charge in [0.2, 0.25) is 5.91 Å². The number of hydrogen-bond acceptors (Lipinski definition) is 6. The zero-order chi connectivity index (χ0) is 30.1. The van der Waals surface area contributed by atoms with Crippen molar-refractivity contribution in [3.05, 3.63) is 81.7 Å². The first-order valence-electron chi connectivity index (χ1n) is 12.5. The van der Waals surface area contributed by atoms with Crippen LogP contribution in [0, 0.1) is 12.7 Å². The van der Waals surface area contributed by atoms with Crippen LogP contribution in [0.25, 0.3) is 0 Å². The summed E-state index contributed by atoms with van der Waals surface area (Å²) in [6.45, 7) is 2.68. The number of alkyl halides is 5. The van der Waals surface area contributed by atoms with Crippen molar-refractivity contribution in [3.63, 3.8) is 0 Å². The third-order valence-corrected chi connectivity index (χ3v) is 6.93. The van der Waals surface area contributed by atoms with Gasteiger partial charge in [0, 0.05) is 31.3 Å². The number of piperidine rings is 1. The number of benzene rings is 1. The summed E-state index contributed by atoms with van der Waals surface area (Å²) >= 11 is 0. The Balaban J connectivity index is 1.45. The molecule has 1 saturated heterocycles. The summed E-state index contributed by atoms with van der Waals surface area (Å²) in [5.41, 5.74) is 3.64. The number of hydrogen-bond donors (Lipinski definition) is 3. The van der Waals surface area contributed by atoms with Gasteiger partial charge in [-0.25, -0.2) is 18.2 Å². The quantitative estimate of drug-likeness (QED) is 0.337. The molecule has 14 heteroatoms. The summed E-state index contributed by atoms with van der Waals surface area (Å²) in [4.78, 5) is 32.5. The van der Waals surface area contributed by atoms with Gasteiger partial charge in [-0.2, -0.15) is 13.2 Å². The fourth-order valence-corrected chi connectivity index (χ4v) is 4.48. The lowest BCUT2D eigenvalue weighted by molar-refractivity contribution is -0.149. The number of rotatable bonds is 7. The maximum Gasteiger partial charge on any atom is 0.407 e. The molecule has 1 fully saturated rings. The van der Waals surface area contributed by atoms with Crippen molar-refractivity contribution in [1.82, 2.24) is 14.9 Å². The lowest BCUT2D eigenvalue weighted by Gasteiger charge is -2.40. The Labute approximate surface area is 230 Å². The van der Waals surface area contributed by atoms with Crippen molar-refractivity contribution in [1.29, 1.82) is 0 Å². The van der Waals surface area contributed by atoms with Crippen molar-refractivity contribution < 1.29 is 35.9 Å². The molecule has 3 aromatic rings. The second-order valence-electron chi connectivity index (χ2n) is 9.88. The van der Waals surface area contributed by atoms with Crippen molar-refractivity contribution in [3.8, 4) is 11.5 Å². The highest BCUT2D eigenvalue weighted by Crippen LogP contribution is 2.41. The van der Waals surface area contributed by atoms with Crippen LogP contribution in [0.15, 0.2) is 53.6 Å². The number of pyridine rings is 2. The van der Waals surface area contributed by atoms with Crippen molar-refractivity contribution >= 4 is 11.7 Å². The fraction of sp³-hybridized carbons (Fsp3) is 0.370. The molecule has 41 heavy (non-hydrogen) atoms. The SMILES string of the molecule is Cc1ccc(Oc2ccc(NC(=O)[C@H](C)N3CCC(F)(F)[C@@H](c4c[nH]c(=O)c([C@@H](N)C(F)(F)F)c4)C3)nc2)c(F)c1. The monoisotopic (exact) mass is 583 g/mol. The second-order valence-corrected chi connectivity index (χ2v) is 9.88. The molecule has 1 aliphatic heterocycles. The van der Waals surface area contributed by atoms with E-state index in [-0.39, 0.29) is 36.0 Å². The van der Waals surface area contributed by atoms with Crippen LogP contribution in [0.1, 0.15) is 42.0 Å². The Morgan fingerprint density at radius 1 is 1.24 bits per heavy atom. The predicted molar refractivity (Wildman–Crippen MR) is 137 cm³/mol. The lowest BCUT2D eigenvalue weighted by atomic mass is 9.86. The lowest BCUT2D eigenvalue weighted by Crippen LogP contribution is -2.52. The Morgan fingerprint density at radius 2 is 1.98 bits per heavy atom. The van der Waals surface area contributed by atoms with E-state index < -0.39 is 59.4 Å². The summed E-state index contributed by atoms with van der Waals surface area (Å²) in [7, 11) is 0. The molecular formula is C27H27F6N5O3. The van der Waals surface area contributed by atoms with Crippen LogP contribution < -0.4 is 21.3 Å². The van der Waals surface area contributed by atoms with Gasteiger partial charge in [0.15, 0.2) is 11.6 Å². The molecule has 1 aliphatic rings. The van der Waals surface area contributed by atoms with Crippen LogP contribution in [0.5, 0.6) is 11.5 Å². The van der Waals surface area contributed by atoms with Gasteiger partial charge in [0.1, 0.15) is 17.6 Å². The average Bonchev–Trinajstić information content (AvgIpc) is 2.90. The van der Waals surface area contributed by atoms with Crippen LogP contribution in [0.2, 0.25) is 0 Å². The number of ether oxygens (including phenoxy) is 1. The van der Waals surface area contributed by atoms with Gasteiger partial charge in [-0.05, 0) is 55.3 Å². The fourth-order valence-electron chi connectivity index (χ4n) is 4.48. The molecule has 0 unspecified atom stereocenters. The van der Waals surface area contributed by atoms with E-state index >= 15 is 0 Å². The molecule has 4 N–H and O–H groups in total. The summed E-state index contributed by atoms with van der Waals surface area (Å²) in [5, 5.41) is 2.57. The Hall–Kier alpha value is -3.91. The van der Waals surface area contributed by atoms with Crippen LogP contribution in [0.3, 0.4) is 0 Å². The third-order valence-electron chi connectivity index (χ3n) is 6.93. The van der Waals surface area contributed by atoms with Crippen molar-refractivity contribution in [2.24, 2.45) is 5.73 Å². The van der Waals surface area contributed by atoms with E-state index in [1.54, 1.807) is 13.0 Å². The largest absolute Gasteiger partial charge is 0.453 e. The molecule has 0 aliphatic carbocycles. The highest BCUT2D eigenvalue weighted by Gasteiger charge is 2.47. The minimum Gasteiger partial charge on any atom is -0.453 e. The molecule has 1 amide bonds. The molecule has 3 heterocycles. The van der Waals surface area contributed by atoms with Gasteiger partial charge in [-0.1, -0.05) is 6.07 Å². The second kappa shape index (κ2) is 11.5. The average molecular weight is 584 g/mol. The molecular weight excluding hydrogens is 556 g/mol. The van der Waals surface area contributed by atoms with E-state index in [1.807, 2.05) is 0 Å². The van der Waals surface area contributed by atoms with E-state index in [0.717, 1.165) is 17.8 Å². The number of nitrogens with zero attached hydrogens (tertiary/aromatic N) is 2. The number of amides is 1. The predicted octanol–water partition coefficient (Wildman–Crippen LogP) is 5.02. The molecule has 1 aromatic carbocycles. The van der Waals surface area contributed by atoms with Crippen molar-refractivity contribution in [2.75, 3.05) is 18.4 Å². The maximum atomic E-state index is 14.9. The van der Waals surface area contributed by atoms with Gasteiger partial charge in [0.25, 0.3) is 11.5 Å². The van der Waals surface area contributed by atoms with Crippen LogP contribution in [0.4, 0.5) is 32.2 Å². The van der Waals surface area contributed by atoms with E-state index in [4.69, 9.17) is 10.5 Å². The highest BCUT2D eigenvalue weighted by molar-refractivity contribution is 5.93. The van der Waals surface area contributed by atoms with Gasteiger partial charge >= 0.3 is 6.18 Å². The van der Waals surface area contributed by atoms with Crippen LogP contribution in [-0.4, -0.2) is 52.0 Å². The first-order valence-corrected chi connectivity index (χ1v) is 12.5. The van der Waals surface area contributed by atoms with Crippen LogP contribution >= 0.6 is 0 Å². The van der Waals surface area contributed by atoms with Crippen LogP contribution in [-0.2, 0) is 4.79 Å². The molecule has 0 bridgehead atoms. The first-order chi connectivity index (χ1) is 19.2. The molecule has 0 radical (unpaired) electrons. The summed E-state index contributed by atoms with van der Waals surface area (Å²) in [6.07, 6.45) is -3.41. The van der Waals surface area contributed by atoms with E-state index in [0.29, 0.717) is 0 Å². The van der Waals surface area contributed by atoms with Gasteiger partial charge in [-0.15, -0.1) is 0 Å². The molecule has 4 rings (SSSR count). The Bertz CT molecular complexity index is 1460. The summed E-state index contributed by atoms with van der Waals surface area (Å²) < 4.78 is 88.7. The van der Waals surface area contributed by atoms with Gasteiger partial charge in [-0.3, -0.25) is 14.5 Å². The number of nitrogens with two attached hydrogens (primary N) is 1. The van der Waals surface area contributed by atoms with Crippen molar-refractivity contribution in [2.45, 2.75) is 50.4 Å². The number of aryl methyl sites for hydroxylation is 1. The number of nitrogens with one attached hydrogen (secondary N) is 2. The third kappa shape index (κ3) is 6.88. The molecule has 2 aromatic heterocycles. The number of likely N-dealkylation sites (tertiary alicyclic amines) is 1. The zero-order valence-electron chi connectivity index (χ0n) is 21.9. The van der Waals surface area contributed by atoms with E-state index in [1.165, 1.54) is 42.3 Å². The van der Waals surface area contributed by atoms with Gasteiger partial charge in [0.05, 0.1) is 18.2 Å². The highest BCUT2D eigenvalue weighted by atomic mass is 19.4. The van der Waals surface area contributed by atoms with E-state index in [2.05, 4.69) is 15.3 Å². The first kappa shape index (κ1) is 30.1. The zero-order valence-corrected chi connectivity index (χ0v) is 21.9. The molecule has 220 valence electrons. The molecule has 8 nitrogen and oxygen atoms in total. The minimum atomic E-state index is -4.95. The topological polar surface area (TPSA) is 113 Å². The Morgan fingerprint density at radius 3 is 2.61 bits per heavy atom. The van der Waals surface area contributed by atoms with Gasteiger partial charge < -0.3 is 20.8 Å². The number of H-pyrrole nitrogens is 1. The van der Waals surface area contributed by atoms with E-state index in [9.17, 15) is 35.9 Å². The number of carbonyl (C=O) groups excluding carboxylic acids is 1. The normalized spacial score (nSPS) is 18.9. The molecule has 0 spiro atoms. The Kier molecular flexibility index (Phi) is 8.45. The smallest absolute Gasteiger partial charge is 0.407 e. The number of carbonyl (C=O) groups is 1. The summed E-state index contributed by atoms with van der Waals surface area (Å²) in [5.74, 6) is -5.72. The standard InChI is InChI=1S/C27H27F6N5O3/c1-14-3-5-21(20(28)9-14)41-17-4-6-22(35-12-17)37-24(39)15(2)38-8-7-26(29,30)19(13-38)16-10-18(25(40)36-11-16)23(34)27(31,32)33/h3-6,9-12,15,19,23H,7-8,13,34H2,1-2H3,(H,36,40)(H,35,37,39)/t15-,19+,23+/m0/s1.